The van der Waals surface area contributed by atoms with Crippen LogP contribution in [0.5, 0.6) is 0 Å². The molecule has 7 heteroatoms. The molecule has 0 saturated heterocycles. The number of rotatable bonds is 3. The van der Waals surface area contributed by atoms with Crippen molar-refractivity contribution >= 4 is 29.0 Å². The summed E-state index contributed by atoms with van der Waals surface area (Å²) in [6, 6.07) is 6.40. The van der Waals surface area contributed by atoms with Gasteiger partial charge in [0.15, 0.2) is 11.6 Å². The lowest BCUT2D eigenvalue weighted by atomic mass is 10.2. The van der Waals surface area contributed by atoms with Crippen molar-refractivity contribution in [3.05, 3.63) is 52.4 Å². The number of aryl methyl sites for hydroxylation is 1. The molecule has 4 N–H and O–H groups in total. The molecule has 0 atom stereocenters. The monoisotopic (exact) mass is 294 g/mol. The largest absolute Gasteiger partial charge is 0.321 e. The van der Waals surface area contributed by atoms with Gasteiger partial charge in [0.2, 0.25) is 0 Å². The molecule has 0 fully saturated rings. The standard InChI is InChI=1S/C13H12ClFN4O/c1-7-2-3-10(9(14)6-7)18-13(20)8-4-5-17-12(19-16)11(8)15/h2-6H,16H2,1H3,(H,17,19)(H,18,20). The van der Waals surface area contributed by atoms with Crippen LogP contribution in [0.1, 0.15) is 15.9 Å². The molecule has 1 aromatic carbocycles. The van der Waals surface area contributed by atoms with E-state index < -0.39 is 11.7 Å². The molecule has 5 nitrogen and oxygen atoms in total. The van der Waals surface area contributed by atoms with Gasteiger partial charge in [-0.2, -0.15) is 0 Å². The van der Waals surface area contributed by atoms with Crippen LogP contribution in [-0.4, -0.2) is 10.9 Å². The molecule has 1 heterocycles. The van der Waals surface area contributed by atoms with Gasteiger partial charge in [0.1, 0.15) is 0 Å². The van der Waals surface area contributed by atoms with Gasteiger partial charge < -0.3 is 10.7 Å². The number of hydrogen-bond donors (Lipinski definition) is 3. The number of halogens is 2. The van der Waals surface area contributed by atoms with Crippen molar-refractivity contribution in [3.8, 4) is 0 Å². The van der Waals surface area contributed by atoms with Gasteiger partial charge >= 0.3 is 0 Å². The van der Waals surface area contributed by atoms with Crippen molar-refractivity contribution in [2.75, 3.05) is 10.7 Å². The third kappa shape index (κ3) is 2.87. The molecule has 104 valence electrons. The zero-order valence-corrected chi connectivity index (χ0v) is 11.3. The van der Waals surface area contributed by atoms with Crippen LogP contribution in [0.3, 0.4) is 0 Å². The summed E-state index contributed by atoms with van der Waals surface area (Å²) in [5, 5.41) is 2.92. The predicted molar refractivity (Wildman–Crippen MR) is 76.1 cm³/mol. The lowest BCUT2D eigenvalue weighted by Crippen LogP contribution is -2.17. The van der Waals surface area contributed by atoms with Crippen LogP contribution in [0, 0.1) is 12.7 Å². The van der Waals surface area contributed by atoms with Gasteiger partial charge in [0, 0.05) is 6.20 Å². The fraction of sp³-hybridized carbons (Fsp3) is 0.0769. The first kappa shape index (κ1) is 14.2. The summed E-state index contributed by atoms with van der Waals surface area (Å²) in [6.45, 7) is 1.87. The van der Waals surface area contributed by atoms with E-state index in [1.54, 1.807) is 18.2 Å². The molecule has 0 aliphatic rings. The molecule has 0 spiro atoms. The lowest BCUT2D eigenvalue weighted by Gasteiger charge is -2.09. The fourth-order valence-corrected chi connectivity index (χ4v) is 1.91. The van der Waals surface area contributed by atoms with E-state index in [0.717, 1.165) is 5.56 Å². The molecular formula is C13H12ClFN4O. The van der Waals surface area contributed by atoms with Gasteiger partial charge in [0.25, 0.3) is 5.91 Å². The van der Waals surface area contributed by atoms with E-state index in [-0.39, 0.29) is 11.4 Å². The summed E-state index contributed by atoms with van der Waals surface area (Å²) < 4.78 is 13.9. The SMILES string of the molecule is Cc1ccc(NC(=O)c2ccnc(NN)c2F)c(Cl)c1. The number of hydrogen-bond acceptors (Lipinski definition) is 4. The van der Waals surface area contributed by atoms with Crippen LogP contribution in [0.15, 0.2) is 30.5 Å². The molecule has 0 radical (unpaired) electrons. The molecule has 0 saturated carbocycles. The highest BCUT2D eigenvalue weighted by molar-refractivity contribution is 6.34. The molecule has 0 bridgehead atoms. The van der Waals surface area contributed by atoms with Gasteiger partial charge in [-0.15, -0.1) is 0 Å². The van der Waals surface area contributed by atoms with E-state index in [0.29, 0.717) is 10.7 Å². The van der Waals surface area contributed by atoms with Gasteiger partial charge in [-0.25, -0.2) is 15.2 Å². The first-order valence-electron chi connectivity index (χ1n) is 5.71. The van der Waals surface area contributed by atoms with E-state index in [1.807, 2.05) is 6.92 Å². The maximum Gasteiger partial charge on any atom is 0.258 e. The van der Waals surface area contributed by atoms with Crippen molar-refractivity contribution in [2.24, 2.45) is 5.84 Å². The van der Waals surface area contributed by atoms with E-state index in [2.05, 4.69) is 15.7 Å². The molecule has 1 aromatic heterocycles. The highest BCUT2D eigenvalue weighted by atomic mass is 35.5. The third-order valence-corrected chi connectivity index (χ3v) is 2.96. The zero-order chi connectivity index (χ0) is 14.7. The zero-order valence-electron chi connectivity index (χ0n) is 10.6. The van der Waals surface area contributed by atoms with E-state index in [1.165, 1.54) is 12.3 Å². The molecular weight excluding hydrogens is 283 g/mol. The molecule has 1 amide bonds. The van der Waals surface area contributed by atoms with Gasteiger partial charge in [-0.05, 0) is 30.7 Å². The van der Waals surface area contributed by atoms with Crippen LogP contribution in [0.4, 0.5) is 15.9 Å². The number of amides is 1. The van der Waals surface area contributed by atoms with Gasteiger partial charge in [-0.3, -0.25) is 4.79 Å². The normalized spacial score (nSPS) is 10.2. The Kier molecular flexibility index (Phi) is 4.16. The number of benzene rings is 1. The average molecular weight is 295 g/mol. The van der Waals surface area contributed by atoms with Crippen molar-refractivity contribution in [3.63, 3.8) is 0 Å². The summed E-state index contributed by atoms with van der Waals surface area (Å²) in [5.74, 6) is 3.45. The summed E-state index contributed by atoms with van der Waals surface area (Å²) in [7, 11) is 0. The van der Waals surface area contributed by atoms with Crippen LogP contribution in [-0.2, 0) is 0 Å². The van der Waals surface area contributed by atoms with Crippen molar-refractivity contribution in [1.82, 2.24) is 4.98 Å². The van der Waals surface area contributed by atoms with E-state index in [4.69, 9.17) is 17.4 Å². The number of carbonyl (C=O) groups excluding carboxylic acids is 1. The minimum Gasteiger partial charge on any atom is -0.321 e. The molecule has 2 aromatic rings. The highest BCUT2D eigenvalue weighted by Crippen LogP contribution is 2.24. The average Bonchev–Trinajstić information content (AvgIpc) is 2.42. The number of pyridine rings is 1. The Morgan fingerprint density at radius 2 is 2.15 bits per heavy atom. The summed E-state index contributed by atoms with van der Waals surface area (Å²) >= 11 is 6.01. The Balaban J connectivity index is 2.28. The quantitative estimate of drug-likeness (QED) is 0.600. The number of hydrazine groups is 1. The second kappa shape index (κ2) is 5.85. The van der Waals surface area contributed by atoms with Crippen LogP contribution in [0.25, 0.3) is 0 Å². The van der Waals surface area contributed by atoms with Crippen molar-refractivity contribution in [1.29, 1.82) is 0 Å². The van der Waals surface area contributed by atoms with Crippen LogP contribution in [0.2, 0.25) is 5.02 Å². The number of nitrogens with two attached hydrogens (primary N) is 1. The second-order valence-electron chi connectivity index (χ2n) is 4.10. The van der Waals surface area contributed by atoms with E-state index in [9.17, 15) is 9.18 Å². The third-order valence-electron chi connectivity index (χ3n) is 2.64. The number of anilines is 2. The summed E-state index contributed by atoms with van der Waals surface area (Å²) in [4.78, 5) is 15.7. The first-order valence-corrected chi connectivity index (χ1v) is 6.09. The Morgan fingerprint density at radius 1 is 1.40 bits per heavy atom. The fourth-order valence-electron chi connectivity index (χ4n) is 1.63. The Hall–Kier alpha value is -2.18. The molecule has 0 aliphatic carbocycles. The second-order valence-corrected chi connectivity index (χ2v) is 4.51. The molecule has 0 aliphatic heterocycles. The van der Waals surface area contributed by atoms with Gasteiger partial charge in [0.05, 0.1) is 16.3 Å². The lowest BCUT2D eigenvalue weighted by molar-refractivity contribution is 0.102. The van der Waals surface area contributed by atoms with Crippen molar-refractivity contribution < 1.29 is 9.18 Å². The van der Waals surface area contributed by atoms with E-state index >= 15 is 0 Å². The Bertz CT molecular complexity index is 663. The first-order chi connectivity index (χ1) is 9.52. The number of aromatic nitrogens is 1. The minimum atomic E-state index is -0.823. The number of nitrogens with zero attached hydrogens (tertiary/aromatic N) is 1. The highest BCUT2D eigenvalue weighted by Gasteiger charge is 2.16. The van der Waals surface area contributed by atoms with Crippen molar-refractivity contribution in [2.45, 2.75) is 6.92 Å². The van der Waals surface area contributed by atoms with Crippen LogP contribution < -0.4 is 16.6 Å². The molecule has 0 unspecified atom stereocenters. The van der Waals surface area contributed by atoms with Gasteiger partial charge in [-0.1, -0.05) is 17.7 Å². The topological polar surface area (TPSA) is 80.0 Å². The smallest absolute Gasteiger partial charge is 0.258 e. The maximum absolute atomic E-state index is 13.9. The summed E-state index contributed by atoms with van der Waals surface area (Å²) in [5.41, 5.74) is 3.26. The molecule has 2 rings (SSSR count). The number of nitrogen functional groups attached to an aromatic ring is 1. The number of carbonyl (C=O) groups is 1. The molecule has 20 heavy (non-hydrogen) atoms. The summed E-state index contributed by atoms with van der Waals surface area (Å²) in [6.07, 6.45) is 1.28. The predicted octanol–water partition coefficient (Wildman–Crippen LogP) is 2.72. The Morgan fingerprint density at radius 3 is 2.80 bits per heavy atom. The minimum absolute atomic E-state index is 0.176. The maximum atomic E-state index is 13.9. The number of nitrogens with one attached hydrogen (secondary N) is 2. The van der Waals surface area contributed by atoms with Crippen LogP contribution >= 0.6 is 11.6 Å². The Labute approximate surface area is 119 Å².